The van der Waals surface area contributed by atoms with Gasteiger partial charge in [-0.2, -0.15) is 0 Å². The van der Waals surface area contributed by atoms with E-state index >= 15 is 0 Å². The van der Waals surface area contributed by atoms with Gasteiger partial charge in [-0.3, -0.25) is 0 Å². The molecule has 72 valence electrons. The van der Waals surface area contributed by atoms with E-state index in [1.54, 1.807) is 0 Å². The highest BCUT2D eigenvalue weighted by atomic mass is 16.7. The van der Waals surface area contributed by atoms with Crippen molar-refractivity contribution in [3.8, 4) is 0 Å². The molecule has 12 heavy (non-hydrogen) atoms. The third-order valence-corrected chi connectivity index (χ3v) is 2.59. The zero-order valence-electron chi connectivity index (χ0n) is 8.59. The van der Waals surface area contributed by atoms with E-state index in [4.69, 9.17) is 9.47 Å². The van der Waals surface area contributed by atoms with Gasteiger partial charge in [0, 0.05) is 11.3 Å². The predicted molar refractivity (Wildman–Crippen MR) is 48.9 cm³/mol. The lowest BCUT2D eigenvalue weighted by molar-refractivity contribution is -0.242. The molecular formula is C10H20O2. The van der Waals surface area contributed by atoms with E-state index in [1.165, 1.54) is 0 Å². The zero-order chi connectivity index (χ0) is 9.19. The highest BCUT2D eigenvalue weighted by Gasteiger charge is 2.31. The molecule has 1 heterocycles. The first-order chi connectivity index (χ1) is 5.57. The molecule has 0 aromatic carbocycles. The summed E-state index contributed by atoms with van der Waals surface area (Å²) in [6.45, 7) is 10.3. The molecular weight excluding hydrogens is 152 g/mol. The maximum Gasteiger partial charge on any atom is 0.159 e. The Morgan fingerprint density at radius 1 is 1.33 bits per heavy atom. The topological polar surface area (TPSA) is 18.5 Å². The van der Waals surface area contributed by atoms with Crippen molar-refractivity contribution in [1.82, 2.24) is 0 Å². The molecule has 0 saturated carbocycles. The first-order valence-corrected chi connectivity index (χ1v) is 4.80. The standard InChI is InChI=1S/C10H20O2/c1-5-10(4)6-11-9(8(2)3)12-7-10/h8-9H,5-7H2,1-4H3. The zero-order valence-corrected chi connectivity index (χ0v) is 8.59. The normalized spacial score (nSPS) is 37.2. The molecule has 1 saturated heterocycles. The van der Waals surface area contributed by atoms with Crippen LogP contribution in [0.15, 0.2) is 0 Å². The van der Waals surface area contributed by atoms with Crippen LogP contribution in [0.25, 0.3) is 0 Å². The maximum absolute atomic E-state index is 5.62. The van der Waals surface area contributed by atoms with E-state index in [1.807, 2.05) is 0 Å². The first kappa shape index (κ1) is 10.0. The van der Waals surface area contributed by atoms with Gasteiger partial charge >= 0.3 is 0 Å². The Kier molecular flexibility index (Phi) is 3.13. The van der Waals surface area contributed by atoms with Crippen LogP contribution in [0.1, 0.15) is 34.1 Å². The third-order valence-electron chi connectivity index (χ3n) is 2.59. The van der Waals surface area contributed by atoms with Crippen LogP contribution >= 0.6 is 0 Å². The average molecular weight is 172 g/mol. The Morgan fingerprint density at radius 2 is 1.83 bits per heavy atom. The van der Waals surface area contributed by atoms with Crippen LogP contribution in [0.4, 0.5) is 0 Å². The Balaban J connectivity index is 2.39. The Labute approximate surface area is 75.2 Å². The van der Waals surface area contributed by atoms with Crippen LogP contribution in [0.3, 0.4) is 0 Å². The third kappa shape index (κ3) is 2.20. The summed E-state index contributed by atoms with van der Waals surface area (Å²) in [5.74, 6) is 0.464. The lowest BCUT2D eigenvalue weighted by Crippen LogP contribution is -2.41. The molecule has 1 rings (SSSR count). The highest BCUT2D eigenvalue weighted by molar-refractivity contribution is 4.75. The van der Waals surface area contributed by atoms with Gasteiger partial charge in [0.2, 0.25) is 0 Å². The molecule has 0 amide bonds. The summed E-state index contributed by atoms with van der Waals surface area (Å²) < 4.78 is 11.2. The second kappa shape index (κ2) is 3.75. The summed E-state index contributed by atoms with van der Waals surface area (Å²) in [5.41, 5.74) is 0.241. The van der Waals surface area contributed by atoms with E-state index < -0.39 is 0 Å². The van der Waals surface area contributed by atoms with Crippen molar-refractivity contribution in [2.75, 3.05) is 13.2 Å². The molecule has 0 aromatic heterocycles. The van der Waals surface area contributed by atoms with Crippen molar-refractivity contribution >= 4 is 0 Å². The molecule has 0 aromatic rings. The van der Waals surface area contributed by atoms with Crippen LogP contribution in [0, 0.1) is 11.3 Å². The van der Waals surface area contributed by atoms with Crippen molar-refractivity contribution < 1.29 is 9.47 Å². The summed E-state index contributed by atoms with van der Waals surface area (Å²) in [4.78, 5) is 0. The van der Waals surface area contributed by atoms with Gasteiger partial charge in [-0.15, -0.1) is 0 Å². The van der Waals surface area contributed by atoms with E-state index in [-0.39, 0.29) is 11.7 Å². The van der Waals surface area contributed by atoms with Crippen LogP contribution < -0.4 is 0 Å². The lowest BCUT2D eigenvalue weighted by atomic mass is 9.89. The van der Waals surface area contributed by atoms with E-state index in [9.17, 15) is 0 Å². The second-order valence-corrected chi connectivity index (χ2v) is 4.40. The smallest absolute Gasteiger partial charge is 0.159 e. The minimum Gasteiger partial charge on any atom is -0.352 e. The van der Waals surface area contributed by atoms with Gasteiger partial charge < -0.3 is 9.47 Å². The van der Waals surface area contributed by atoms with Gasteiger partial charge in [0.15, 0.2) is 6.29 Å². The van der Waals surface area contributed by atoms with Gasteiger partial charge in [-0.1, -0.05) is 27.7 Å². The van der Waals surface area contributed by atoms with Gasteiger partial charge in [-0.25, -0.2) is 0 Å². The van der Waals surface area contributed by atoms with E-state index in [2.05, 4.69) is 27.7 Å². The molecule has 0 atom stereocenters. The van der Waals surface area contributed by atoms with Crippen molar-refractivity contribution in [3.63, 3.8) is 0 Å². The van der Waals surface area contributed by atoms with Crippen molar-refractivity contribution in [3.05, 3.63) is 0 Å². The van der Waals surface area contributed by atoms with Crippen LogP contribution in [-0.4, -0.2) is 19.5 Å². The van der Waals surface area contributed by atoms with E-state index in [0.29, 0.717) is 5.92 Å². The highest BCUT2D eigenvalue weighted by Crippen LogP contribution is 2.29. The molecule has 0 radical (unpaired) electrons. The molecule has 0 aliphatic carbocycles. The van der Waals surface area contributed by atoms with Crippen LogP contribution in [-0.2, 0) is 9.47 Å². The predicted octanol–water partition coefficient (Wildman–Crippen LogP) is 2.43. The quantitative estimate of drug-likeness (QED) is 0.637. The molecule has 2 nitrogen and oxygen atoms in total. The van der Waals surface area contributed by atoms with Crippen molar-refractivity contribution in [2.24, 2.45) is 11.3 Å². The molecule has 0 N–H and O–H groups in total. The summed E-state index contributed by atoms with van der Waals surface area (Å²) >= 11 is 0. The van der Waals surface area contributed by atoms with Crippen molar-refractivity contribution in [1.29, 1.82) is 0 Å². The molecule has 2 heteroatoms. The fourth-order valence-electron chi connectivity index (χ4n) is 1.25. The molecule has 0 bridgehead atoms. The fraction of sp³-hybridized carbons (Fsp3) is 1.00. The molecule has 0 unspecified atom stereocenters. The molecule has 1 aliphatic heterocycles. The number of hydrogen-bond donors (Lipinski definition) is 0. The number of hydrogen-bond acceptors (Lipinski definition) is 2. The van der Waals surface area contributed by atoms with E-state index in [0.717, 1.165) is 19.6 Å². The summed E-state index contributed by atoms with van der Waals surface area (Å²) in [7, 11) is 0. The Bertz CT molecular complexity index is 135. The SMILES string of the molecule is CCC1(C)COC(C(C)C)OC1. The minimum atomic E-state index is 0.0182. The summed E-state index contributed by atoms with van der Waals surface area (Å²) in [5, 5.41) is 0. The van der Waals surface area contributed by atoms with Crippen LogP contribution in [0.5, 0.6) is 0 Å². The second-order valence-electron chi connectivity index (χ2n) is 4.40. The number of ether oxygens (including phenoxy) is 2. The maximum atomic E-state index is 5.62. The largest absolute Gasteiger partial charge is 0.352 e. The Morgan fingerprint density at radius 3 is 2.17 bits per heavy atom. The van der Waals surface area contributed by atoms with Crippen LogP contribution in [0.2, 0.25) is 0 Å². The lowest BCUT2D eigenvalue weighted by Gasteiger charge is -2.38. The van der Waals surface area contributed by atoms with Crippen molar-refractivity contribution in [2.45, 2.75) is 40.4 Å². The Hall–Kier alpha value is -0.0800. The first-order valence-electron chi connectivity index (χ1n) is 4.80. The minimum absolute atomic E-state index is 0.0182. The summed E-state index contributed by atoms with van der Waals surface area (Å²) in [6, 6.07) is 0. The van der Waals surface area contributed by atoms with Gasteiger partial charge in [0.25, 0.3) is 0 Å². The summed E-state index contributed by atoms with van der Waals surface area (Å²) in [6.07, 6.45) is 1.14. The molecule has 1 aliphatic rings. The molecule has 1 fully saturated rings. The fourth-order valence-corrected chi connectivity index (χ4v) is 1.25. The van der Waals surface area contributed by atoms with Gasteiger partial charge in [-0.05, 0) is 6.42 Å². The van der Waals surface area contributed by atoms with Gasteiger partial charge in [0.1, 0.15) is 0 Å². The average Bonchev–Trinajstić information content (AvgIpc) is 2.05. The molecule has 0 spiro atoms. The van der Waals surface area contributed by atoms with Gasteiger partial charge in [0.05, 0.1) is 13.2 Å². The monoisotopic (exact) mass is 172 g/mol. The number of rotatable bonds is 2.